The fourth-order valence-corrected chi connectivity index (χ4v) is 3.79. The van der Waals surface area contributed by atoms with Crippen molar-refractivity contribution in [2.45, 2.75) is 26.8 Å². The number of aryl methyl sites for hydroxylation is 2. The molecule has 2 aromatic rings. The molecule has 0 aliphatic carbocycles. The first-order chi connectivity index (χ1) is 13.0. The molecular weight excluding hydrogens is 338 g/mol. The van der Waals surface area contributed by atoms with E-state index in [0.717, 1.165) is 54.4 Å². The first kappa shape index (κ1) is 19.2. The van der Waals surface area contributed by atoms with Gasteiger partial charge in [0.2, 0.25) is 0 Å². The van der Waals surface area contributed by atoms with E-state index in [1.807, 2.05) is 57.2 Å². The van der Waals surface area contributed by atoms with Crippen molar-refractivity contribution in [3.63, 3.8) is 0 Å². The van der Waals surface area contributed by atoms with Gasteiger partial charge in [-0.3, -0.25) is 4.79 Å². The van der Waals surface area contributed by atoms with Crippen molar-refractivity contribution in [2.24, 2.45) is 0 Å². The molecule has 0 radical (unpaired) electrons. The summed E-state index contributed by atoms with van der Waals surface area (Å²) in [7, 11) is 1.71. The number of piperazine rings is 1. The Morgan fingerprint density at radius 2 is 1.70 bits per heavy atom. The quantitative estimate of drug-likeness (QED) is 0.849. The van der Waals surface area contributed by atoms with Gasteiger partial charge < -0.3 is 19.9 Å². The minimum absolute atomic E-state index is 0.0798. The van der Waals surface area contributed by atoms with Gasteiger partial charge in [0.1, 0.15) is 5.75 Å². The number of ether oxygens (including phenoxy) is 1. The predicted molar refractivity (Wildman–Crippen MR) is 110 cm³/mol. The summed E-state index contributed by atoms with van der Waals surface area (Å²) >= 11 is 0. The first-order valence-electron chi connectivity index (χ1n) is 9.61. The SMILES string of the molecule is COc1ccccc1N1CC[NH+]([C@H](C)C(=O)Nc2c(C)cccc2C)CC1. The molecule has 1 amide bonds. The molecule has 3 rings (SSSR count). The number of carbonyl (C=O) groups is 1. The van der Waals surface area contributed by atoms with Crippen LogP contribution < -0.4 is 19.9 Å². The lowest BCUT2D eigenvalue weighted by Crippen LogP contribution is -3.19. The summed E-state index contributed by atoms with van der Waals surface area (Å²) in [5.74, 6) is 0.995. The number of benzene rings is 2. The first-order valence-corrected chi connectivity index (χ1v) is 9.61. The van der Waals surface area contributed by atoms with E-state index in [4.69, 9.17) is 4.74 Å². The van der Waals surface area contributed by atoms with Gasteiger partial charge in [0.15, 0.2) is 6.04 Å². The number of amides is 1. The van der Waals surface area contributed by atoms with E-state index in [9.17, 15) is 4.79 Å². The Morgan fingerprint density at radius 1 is 1.07 bits per heavy atom. The lowest BCUT2D eigenvalue weighted by atomic mass is 10.1. The average Bonchev–Trinajstić information content (AvgIpc) is 2.70. The Bertz CT molecular complexity index is 778. The third kappa shape index (κ3) is 4.25. The number of rotatable bonds is 5. The molecule has 1 fully saturated rings. The van der Waals surface area contributed by atoms with E-state index in [-0.39, 0.29) is 11.9 Å². The highest BCUT2D eigenvalue weighted by molar-refractivity contribution is 5.95. The summed E-state index contributed by atoms with van der Waals surface area (Å²) in [5.41, 5.74) is 4.28. The monoisotopic (exact) mass is 368 g/mol. The molecule has 0 saturated carbocycles. The second-order valence-electron chi connectivity index (χ2n) is 7.29. The van der Waals surface area contributed by atoms with E-state index in [1.54, 1.807) is 7.11 Å². The van der Waals surface area contributed by atoms with E-state index in [2.05, 4.69) is 16.3 Å². The van der Waals surface area contributed by atoms with Crippen molar-refractivity contribution in [3.05, 3.63) is 53.6 Å². The normalized spacial score (nSPS) is 16.1. The van der Waals surface area contributed by atoms with Crippen LogP contribution in [0.5, 0.6) is 5.75 Å². The molecule has 144 valence electrons. The van der Waals surface area contributed by atoms with Crippen molar-refractivity contribution in [2.75, 3.05) is 43.5 Å². The molecule has 0 bridgehead atoms. The topological polar surface area (TPSA) is 46.0 Å². The second-order valence-corrected chi connectivity index (χ2v) is 7.29. The highest BCUT2D eigenvalue weighted by atomic mass is 16.5. The molecule has 0 spiro atoms. The molecular formula is C22H30N3O2+. The van der Waals surface area contributed by atoms with Gasteiger partial charge in [-0.25, -0.2) is 0 Å². The van der Waals surface area contributed by atoms with Crippen LogP contribution in [0.15, 0.2) is 42.5 Å². The summed E-state index contributed by atoms with van der Waals surface area (Å²) in [6.45, 7) is 9.78. The number of carbonyl (C=O) groups excluding carboxylic acids is 1. The number of para-hydroxylation sites is 3. The van der Waals surface area contributed by atoms with E-state index >= 15 is 0 Å². The van der Waals surface area contributed by atoms with Crippen molar-refractivity contribution in [1.82, 2.24) is 0 Å². The van der Waals surface area contributed by atoms with Crippen LogP contribution >= 0.6 is 0 Å². The van der Waals surface area contributed by atoms with Crippen LogP contribution in [0.2, 0.25) is 0 Å². The van der Waals surface area contributed by atoms with Gasteiger partial charge in [-0.2, -0.15) is 0 Å². The minimum atomic E-state index is -0.0798. The van der Waals surface area contributed by atoms with Gasteiger partial charge in [0.25, 0.3) is 5.91 Å². The third-order valence-corrected chi connectivity index (χ3v) is 5.57. The molecule has 0 unspecified atom stereocenters. The maximum Gasteiger partial charge on any atom is 0.282 e. The summed E-state index contributed by atoms with van der Waals surface area (Å²) < 4.78 is 5.49. The lowest BCUT2D eigenvalue weighted by Gasteiger charge is -2.36. The number of nitrogens with one attached hydrogen (secondary N) is 2. The molecule has 1 aliphatic rings. The Kier molecular flexibility index (Phi) is 6.01. The fourth-order valence-electron chi connectivity index (χ4n) is 3.79. The predicted octanol–water partition coefficient (Wildman–Crippen LogP) is 2.04. The van der Waals surface area contributed by atoms with Crippen LogP contribution in [0.4, 0.5) is 11.4 Å². The molecule has 1 aliphatic heterocycles. The van der Waals surface area contributed by atoms with Crippen molar-refractivity contribution < 1.29 is 14.4 Å². The Labute approximate surface area is 161 Å². The average molecular weight is 369 g/mol. The second kappa shape index (κ2) is 8.44. The van der Waals surface area contributed by atoms with Crippen LogP contribution in [0, 0.1) is 13.8 Å². The molecule has 2 aromatic carbocycles. The van der Waals surface area contributed by atoms with E-state index in [0.29, 0.717) is 0 Å². The zero-order valence-electron chi connectivity index (χ0n) is 16.7. The van der Waals surface area contributed by atoms with Crippen LogP contribution in [0.1, 0.15) is 18.1 Å². The molecule has 2 N–H and O–H groups in total. The standard InChI is InChI=1S/C22H29N3O2/c1-16-8-7-9-17(2)21(16)23-22(26)18(3)24-12-14-25(15-13-24)19-10-5-6-11-20(19)27-4/h5-11,18H,12-15H2,1-4H3,(H,23,26)/p+1/t18-/m1/s1. The van der Waals surface area contributed by atoms with Crippen molar-refractivity contribution in [3.8, 4) is 5.75 Å². The summed E-state index contributed by atoms with van der Waals surface area (Å²) in [6.07, 6.45) is 0. The highest BCUT2D eigenvalue weighted by Gasteiger charge is 2.30. The smallest absolute Gasteiger partial charge is 0.282 e. The minimum Gasteiger partial charge on any atom is -0.495 e. The molecule has 1 saturated heterocycles. The van der Waals surface area contributed by atoms with Gasteiger partial charge in [0, 0.05) is 5.69 Å². The zero-order valence-corrected chi connectivity index (χ0v) is 16.7. The molecule has 5 nitrogen and oxygen atoms in total. The Morgan fingerprint density at radius 3 is 2.33 bits per heavy atom. The van der Waals surface area contributed by atoms with Crippen LogP contribution in [0.25, 0.3) is 0 Å². The number of methoxy groups -OCH3 is 1. The Hall–Kier alpha value is -2.53. The Balaban J connectivity index is 1.61. The van der Waals surface area contributed by atoms with Gasteiger partial charge in [-0.1, -0.05) is 30.3 Å². The summed E-state index contributed by atoms with van der Waals surface area (Å²) in [6, 6.07) is 14.1. The molecule has 1 heterocycles. The van der Waals surface area contributed by atoms with Crippen LogP contribution in [-0.2, 0) is 4.79 Å². The van der Waals surface area contributed by atoms with Gasteiger partial charge >= 0.3 is 0 Å². The van der Waals surface area contributed by atoms with E-state index in [1.165, 1.54) is 4.90 Å². The molecule has 5 heteroatoms. The maximum absolute atomic E-state index is 12.8. The molecule has 1 atom stereocenters. The number of quaternary nitrogens is 1. The summed E-state index contributed by atoms with van der Waals surface area (Å²) in [4.78, 5) is 16.5. The molecule has 27 heavy (non-hydrogen) atoms. The van der Waals surface area contributed by atoms with Gasteiger partial charge in [-0.15, -0.1) is 0 Å². The van der Waals surface area contributed by atoms with Crippen LogP contribution in [-0.4, -0.2) is 45.2 Å². The van der Waals surface area contributed by atoms with Crippen LogP contribution in [0.3, 0.4) is 0 Å². The number of hydrogen-bond donors (Lipinski definition) is 2. The van der Waals surface area contributed by atoms with Crippen molar-refractivity contribution in [1.29, 1.82) is 0 Å². The molecule has 0 aromatic heterocycles. The number of anilines is 2. The zero-order chi connectivity index (χ0) is 19.4. The van der Waals surface area contributed by atoms with Gasteiger partial charge in [-0.05, 0) is 44.0 Å². The largest absolute Gasteiger partial charge is 0.495 e. The number of hydrogen-bond acceptors (Lipinski definition) is 3. The van der Waals surface area contributed by atoms with E-state index < -0.39 is 0 Å². The van der Waals surface area contributed by atoms with Crippen molar-refractivity contribution >= 4 is 17.3 Å². The third-order valence-electron chi connectivity index (χ3n) is 5.57. The lowest BCUT2D eigenvalue weighted by molar-refractivity contribution is -0.914. The number of nitrogens with zero attached hydrogens (tertiary/aromatic N) is 1. The highest BCUT2D eigenvalue weighted by Crippen LogP contribution is 2.27. The maximum atomic E-state index is 12.8. The fraction of sp³-hybridized carbons (Fsp3) is 0.409. The summed E-state index contributed by atoms with van der Waals surface area (Å²) in [5, 5.41) is 3.14. The van der Waals surface area contributed by atoms with Gasteiger partial charge in [0.05, 0.1) is 39.0 Å².